The van der Waals surface area contributed by atoms with E-state index in [2.05, 4.69) is 46.2 Å². The molecule has 0 saturated carbocycles. The van der Waals surface area contributed by atoms with Crippen molar-refractivity contribution in [2.75, 3.05) is 12.4 Å². The number of methoxy groups -OCH3 is 1. The van der Waals surface area contributed by atoms with Crippen LogP contribution in [0.5, 0.6) is 11.5 Å². The van der Waals surface area contributed by atoms with Gasteiger partial charge in [-0.15, -0.1) is 10.2 Å². The summed E-state index contributed by atoms with van der Waals surface area (Å²) in [5.41, 5.74) is 7.57. The number of phenolic OH excluding ortho intramolecular Hbond substituents is 1. The molecule has 7 aromatic carbocycles. The molecule has 7 aromatic rings. The van der Waals surface area contributed by atoms with E-state index in [4.69, 9.17) is 4.74 Å². The SMILES string of the molecule is COc1ccc(N=Nc2cc(C)c(N=Nc3cc(C)c(N=Nc4cc(C)c(N=Nc5c(S(=O)(=O)O)cc6cc(NC(=O)c7ccccc7)ccc6c5O)cc4C)cc3C)cc2C)c(S(=O)(=O)O)c1. The highest BCUT2D eigenvalue weighted by Gasteiger charge is 2.23. The molecule has 0 saturated heterocycles. The van der Waals surface area contributed by atoms with Crippen LogP contribution in [0.25, 0.3) is 10.8 Å². The minimum Gasteiger partial charge on any atom is -0.505 e. The van der Waals surface area contributed by atoms with Gasteiger partial charge in [-0.3, -0.25) is 13.9 Å². The van der Waals surface area contributed by atoms with Crippen LogP contribution >= 0.6 is 0 Å². The number of fused-ring (bicyclic) bond motifs is 1. The first-order chi connectivity index (χ1) is 32.2. The van der Waals surface area contributed by atoms with Gasteiger partial charge in [-0.1, -0.05) is 18.2 Å². The summed E-state index contributed by atoms with van der Waals surface area (Å²) in [6, 6.07) is 28.8. The first-order valence-electron chi connectivity index (χ1n) is 20.5. The van der Waals surface area contributed by atoms with E-state index in [0.29, 0.717) is 62.1 Å². The van der Waals surface area contributed by atoms with Gasteiger partial charge in [0.05, 0.1) is 41.2 Å². The molecule has 20 heteroatoms. The zero-order chi connectivity index (χ0) is 49.1. The second kappa shape index (κ2) is 19.5. The van der Waals surface area contributed by atoms with Crippen LogP contribution in [0.2, 0.25) is 0 Å². The average molecular weight is 954 g/mol. The van der Waals surface area contributed by atoms with Crippen molar-refractivity contribution in [3.05, 3.63) is 148 Å². The van der Waals surface area contributed by atoms with Crippen molar-refractivity contribution < 1.29 is 40.6 Å². The van der Waals surface area contributed by atoms with Gasteiger partial charge in [0.1, 0.15) is 26.9 Å². The topological polar surface area (TPSA) is 266 Å². The molecule has 0 atom stereocenters. The van der Waals surface area contributed by atoms with Crippen molar-refractivity contribution >= 4 is 88.1 Å². The van der Waals surface area contributed by atoms with Gasteiger partial charge in [0, 0.05) is 22.7 Å². The summed E-state index contributed by atoms with van der Waals surface area (Å²) in [7, 11) is -8.12. The van der Waals surface area contributed by atoms with E-state index < -0.39 is 47.4 Å². The van der Waals surface area contributed by atoms with E-state index >= 15 is 0 Å². The normalized spacial score (nSPS) is 12.3. The van der Waals surface area contributed by atoms with Crippen molar-refractivity contribution in [3.8, 4) is 11.5 Å². The molecule has 0 aliphatic rings. The Morgan fingerprint density at radius 3 is 1.35 bits per heavy atom. The van der Waals surface area contributed by atoms with Crippen molar-refractivity contribution in [1.82, 2.24) is 0 Å². The summed E-state index contributed by atoms with van der Waals surface area (Å²) in [4.78, 5) is 11.6. The predicted octanol–water partition coefficient (Wildman–Crippen LogP) is 13.8. The number of ether oxygens (including phenoxy) is 1. The van der Waals surface area contributed by atoms with Crippen molar-refractivity contribution in [2.45, 2.75) is 51.3 Å². The summed E-state index contributed by atoms with van der Waals surface area (Å²) in [5.74, 6) is -0.696. The molecule has 7 rings (SSSR count). The van der Waals surface area contributed by atoms with Gasteiger partial charge in [0.15, 0.2) is 5.75 Å². The Morgan fingerprint density at radius 1 is 0.500 bits per heavy atom. The number of hydrogen-bond donors (Lipinski definition) is 4. The number of carbonyl (C=O) groups excluding carboxylic acids is 1. The van der Waals surface area contributed by atoms with Gasteiger partial charge in [-0.25, -0.2) is 0 Å². The van der Waals surface area contributed by atoms with Crippen LogP contribution in [0.15, 0.2) is 160 Å². The van der Waals surface area contributed by atoms with E-state index in [1.165, 1.54) is 31.4 Å². The first kappa shape index (κ1) is 48.0. The van der Waals surface area contributed by atoms with Gasteiger partial charge in [0.25, 0.3) is 26.1 Å². The minimum absolute atomic E-state index is 0.0585. The number of aryl methyl sites for hydroxylation is 6. The summed E-state index contributed by atoms with van der Waals surface area (Å²) < 4.78 is 74.0. The van der Waals surface area contributed by atoms with Crippen LogP contribution in [-0.4, -0.2) is 44.1 Å². The van der Waals surface area contributed by atoms with Gasteiger partial charge in [-0.05, 0) is 165 Å². The zero-order valence-electron chi connectivity index (χ0n) is 37.6. The molecule has 4 N–H and O–H groups in total. The van der Waals surface area contributed by atoms with Gasteiger partial charge in [0.2, 0.25) is 0 Å². The number of carbonyl (C=O) groups is 1. The maximum Gasteiger partial charge on any atom is 0.296 e. The lowest BCUT2D eigenvalue weighted by molar-refractivity contribution is 0.102. The third-order valence-corrected chi connectivity index (χ3v) is 12.4. The van der Waals surface area contributed by atoms with Crippen LogP contribution in [0.1, 0.15) is 43.7 Å². The molecule has 0 heterocycles. The second-order valence-electron chi connectivity index (χ2n) is 15.7. The van der Waals surface area contributed by atoms with Crippen molar-refractivity contribution in [2.24, 2.45) is 40.9 Å². The largest absolute Gasteiger partial charge is 0.505 e. The Labute approximate surface area is 391 Å². The monoisotopic (exact) mass is 953 g/mol. The first-order valence-corrected chi connectivity index (χ1v) is 23.4. The number of amides is 1. The highest BCUT2D eigenvalue weighted by molar-refractivity contribution is 7.86. The molecule has 0 aliphatic heterocycles. The summed E-state index contributed by atoms with van der Waals surface area (Å²) in [6.45, 7) is 10.9. The molecule has 0 aromatic heterocycles. The number of nitrogens with zero attached hydrogens (tertiary/aromatic N) is 8. The van der Waals surface area contributed by atoms with Crippen molar-refractivity contribution in [1.29, 1.82) is 0 Å². The summed E-state index contributed by atoms with van der Waals surface area (Å²) in [5, 5.41) is 49.1. The van der Waals surface area contributed by atoms with E-state index in [1.807, 2.05) is 32.9 Å². The molecule has 18 nitrogen and oxygen atoms in total. The van der Waals surface area contributed by atoms with Gasteiger partial charge >= 0.3 is 0 Å². The Bertz CT molecular complexity index is 3520. The number of rotatable bonds is 13. The number of benzene rings is 7. The lowest BCUT2D eigenvalue weighted by Crippen LogP contribution is -2.11. The maximum atomic E-state index is 12.7. The van der Waals surface area contributed by atoms with Crippen molar-refractivity contribution in [3.63, 3.8) is 0 Å². The molecule has 0 spiro atoms. The number of nitrogens with one attached hydrogen (secondary N) is 1. The number of aromatic hydroxyl groups is 1. The van der Waals surface area contributed by atoms with Gasteiger partial charge in [-0.2, -0.15) is 47.5 Å². The molecule has 0 unspecified atom stereocenters. The highest BCUT2D eigenvalue weighted by atomic mass is 32.2. The fraction of sp³-hybridized carbons (Fsp3) is 0.146. The van der Waals surface area contributed by atoms with Crippen LogP contribution in [0, 0.1) is 41.5 Å². The zero-order valence-corrected chi connectivity index (χ0v) is 39.2. The molecule has 346 valence electrons. The van der Waals surface area contributed by atoms with E-state index in [9.17, 15) is 35.8 Å². The standard InChI is InChI=1S/C48H43N9O9S2/c1-26-18-39(27(2)17-38(26)51-50-37-16-14-35(66-7)25-44(37)67(60,61)62)52-53-40-19-29(4)41(20-28(40)3)54-55-42-21-31(6)43(22-30(42)5)56-57-46-45(68(63,64)65)24-33-23-34(13-15-36(33)47(46)58)49-48(59)32-11-9-8-10-12-32/h8-25,58H,1-7H3,(H,49,59)(H,60,61,62)(H,63,64,65). The Balaban J connectivity index is 1.08. The molecule has 0 fully saturated rings. The smallest absolute Gasteiger partial charge is 0.296 e. The molecular formula is C48H43N9O9S2. The fourth-order valence-electron chi connectivity index (χ4n) is 6.86. The predicted molar refractivity (Wildman–Crippen MR) is 257 cm³/mol. The summed E-state index contributed by atoms with van der Waals surface area (Å²) >= 11 is 0. The quantitative estimate of drug-likeness (QED) is 0.0631. The van der Waals surface area contributed by atoms with E-state index in [0.717, 1.165) is 28.8 Å². The molecule has 0 aliphatic carbocycles. The van der Waals surface area contributed by atoms with Crippen LogP contribution in [0.4, 0.5) is 51.2 Å². The van der Waals surface area contributed by atoms with Crippen LogP contribution in [0.3, 0.4) is 0 Å². The molecule has 1 amide bonds. The molecule has 0 radical (unpaired) electrons. The van der Waals surface area contributed by atoms with E-state index in [-0.39, 0.29) is 22.2 Å². The maximum absolute atomic E-state index is 12.7. The molecule has 0 bridgehead atoms. The molecular weight excluding hydrogens is 911 g/mol. The second-order valence-corrected chi connectivity index (χ2v) is 18.5. The third kappa shape index (κ3) is 10.9. The highest BCUT2D eigenvalue weighted by Crippen LogP contribution is 2.43. The Hall–Kier alpha value is -7.91. The average Bonchev–Trinajstić information content (AvgIpc) is 3.29. The number of hydrogen-bond acceptors (Lipinski definition) is 15. The van der Waals surface area contributed by atoms with Crippen LogP contribution in [-0.2, 0) is 20.2 Å². The van der Waals surface area contributed by atoms with Crippen LogP contribution < -0.4 is 10.1 Å². The minimum atomic E-state index is -4.90. The Kier molecular flexibility index (Phi) is 13.8. The lowest BCUT2D eigenvalue weighted by Gasteiger charge is -2.11. The number of phenols is 1. The van der Waals surface area contributed by atoms with E-state index in [1.54, 1.807) is 81.4 Å². The summed E-state index contributed by atoms with van der Waals surface area (Å²) in [6.07, 6.45) is 0. The Morgan fingerprint density at radius 2 is 0.926 bits per heavy atom. The molecule has 68 heavy (non-hydrogen) atoms. The fourth-order valence-corrected chi connectivity index (χ4v) is 8.15. The van der Waals surface area contributed by atoms with Gasteiger partial charge < -0.3 is 15.2 Å². The lowest BCUT2D eigenvalue weighted by atomic mass is 10.1. The number of azo groups is 4. The third-order valence-electron chi connectivity index (χ3n) is 10.7. The number of anilines is 1.